The number of H-pyrrole nitrogens is 1. The van der Waals surface area contributed by atoms with Gasteiger partial charge in [0, 0.05) is 23.5 Å². The second-order valence-corrected chi connectivity index (χ2v) is 4.83. The number of rotatable bonds is 2. The van der Waals surface area contributed by atoms with E-state index in [1.165, 1.54) is 0 Å². The number of hydrogen-bond donors (Lipinski definition) is 2. The second kappa shape index (κ2) is 4.92. The summed E-state index contributed by atoms with van der Waals surface area (Å²) in [6.45, 7) is 0. The summed E-state index contributed by atoms with van der Waals surface area (Å²) in [6, 6.07) is 13.6. The molecule has 3 heterocycles. The summed E-state index contributed by atoms with van der Waals surface area (Å²) >= 11 is 0. The van der Waals surface area contributed by atoms with Crippen LogP contribution in [-0.4, -0.2) is 25.1 Å². The molecule has 6 nitrogen and oxygen atoms in total. The number of nitrogens with one attached hydrogen (secondary N) is 1. The third kappa shape index (κ3) is 1.98. The van der Waals surface area contributed by atoms with Crippen LogP contribution in [-0.2, 0) is 0 Å². The summed E-state index contributed by atoms with van der Waals surface area (Å²) in [4.78, 5) is 13.2. The highest BCUT2D eigenvalue weighted by Crippen LogP contribution is 2.30. The molecule has 0 aliphatic rings. The molecule has 0 aliphatic carbocycles. The zero-order chi connectivity index (χ0) is 14.9. The minimum atomic E-state index is 0.460. The minimum Gasteiger partial charge on any atom is -0.383 e. The monoisotopic (exact) mass is 288 g/mol. The summed E-state index contributed by atoms with van der Waals surface area (Å²) in [7, 11) is 0. The Labute approximate surface area is 126 Å². The lowest BCUT2D eigenvalue weighted by atomic mass is 10.1. The van der Waals surface area contributed by atoms with E-state index in [9.17, 15) is 0 Å². The number of fused-ring (bicyclic) bond motifs is 1. The van der Waals surface area contributed by atoms with Crippen LogP contribution in [0.4, 0.5) is 5.82 Å². The molecule has 22 heavy (non-hydrogen) atoms. The van der Waals surface area contributed by atoms with Crippen LogP contribution in [0.25, 0.3) is 33.7 Å². The molecule has 3 aromatic heterocycles. The smallest absolute Gasteiger partial charge is 0.187 e. The Hall–Kier alpha value is -3.28. The standard InChI is InChI=1S/C16H12N6/c17-14-12-13(10-6-8-18-9-7-10)19-15(20-16(12)22-21-14)11-4-2-1-3-5-11/h1-9H,(H3,17,19,20,21,22). The SMILES string of the molecule is Nc1[nH]nc2nc(-c3ccccc3)nc(-c3ccncc3)c12. The number of nitrogen functional groups attached to an aromatic ring is 1. The number of nitrogens with two attached hydrogens (primary N) is 1. The van der Waals surface area contributed by atoms with Crippen molar-refractivity contribution >= 4 is 16.9 Å². The molecule has 0 amide bonds. The number of aromatic amines is 1. The van der Waals surface area contributed by atoms with Crippen molar-refractivity contribution in [2.45, 2.75) is 0 Å². The molecule has 0 spiro atoms. The van der Waals surface area contributed by atoms with Gasteiger partial charge in [0.25, 0.3) is 0 Å². The maximum atomic E-state index is 5.99. The highest BCUT2D eigenvalue weighted by Gasteiger charge is 2.15. The van der Waals surface area contributed by atoms with Gasteiger partial charge in [-0.1, -0.05) is 30.3 Å². The van der Waals surface area contributed by atoms with Crippen LogP contribution >= 0.6 is 0 Å². The topological polar surface area (TPSA) is 93.4 Å². The lowest BCUT2D eigenvalue weighted by molar-refractivity contribution is 1.10. The molecule has 0 saturated heterocycles. The van der Waals surface area contributed by atoms with Gasteiger partial charge in [-0.25, -0.2) is 9.97 Å². The Morgan fingerprint density at radius 2 is 1.64 bits per heavy atom. The number of anilines is 1. The number of pyridine rings is 1. The van der Waals surface area contributed by atoms with E-state index in [0.29, 0.717) is 17.3 Å². The molecule has 0 bridgehead atoms. The zero-order valence-electron chi connectivity index (χ0n) is 11.6. The molecule has 0 saturated carbocycles. The van der Waals surface area contributed by atoms with Gasteiger partial charge in [-0.2, -0.15) is 5.10 Å². The first kappa shape index (κ1) is 12.5. The molecule has 0 radical (unpaired) electrons. The molecule has 4 aromatic rings. The number of nitrogens with zero attached hydrogens (tertiary/aromatic N) is 4. The number of hydrogen-bond acceptors (Lipinski definition) is 5. The van der Waals surface area contributed by atoms with Crippen LogP contribution in [0.1, 0.15) is 0 Å². The molecule has 1 aromatic carbocycles. The predicted octanol–water partition coefficient (Wildman–Crippen LogP) is 2.66. The van der Waals surface area contributed by atoms with Crippen LogP contribution < -0.4 is 5.73 Å². The van der Waals surface area contributed by atoms with Gasteiger partial charge in [-0.15, -0.1) is 0 Å². The maximum absolute atomic E-state index is 5.99. The molecule has 0 unspecified atom stereocenters. The second-order valence-electron chi connectivity index (χ2n) is 4.83. The van der Waals surface area contributed by atoms with Crippen molar-refractivity contribution in [1.29, 1.82) is 0 Å². The van der Waals surface area contributed by atoms with E-state index < -0.39 is 0 Å². The number of aromatic nitrogens is 5. The van der Waals surface area contributed by atoms with Gasteiger partial charge >= 0.3 is 0 Å². The van der Waals surface area contributed by atoms with Gasteiger partial charge < -0.3 is 5.73 Å². The van der Waals surface area contributed by atoms with Gasteiger partial charge in [0.05, 0.1) is 11.1 Å². The van der Waals surface area contributed by atoms with E-state index in [4.69, 9.17) is 10.7 Å². The molecule has 0 atom stereocenters. The first-order valence-electron chi connectivity index (χ1n) is 6.80. The van der Waals surface area contributed by atoms with Crippen LogP contribution in [0.15, 0.2) is 54.9 Å². The Bertz CT molecular complexity index is 931. The van der Waals surface area contributed by atoms with Gasteiger partial charge in [0.2, 0.25) is 0 Å². The summed E-state index contributed by atoms with van der Waals surface area (Å²) in [5, 5.41) is 7.68. The molecule has 0 aliphatic heterocycles. The summed E-state index contributed by atoms with van der Waals surface area (Å²) in [5.41, 5.74) is 9.15. The average molecular weight is 288 g/mol. The van der Waals surface area contributed by atoms with E-state index in [1.807, 2.05) is 42.5 Å². The van der Waals surface area contributed by atoms with Crippen molar-refractivity contribution in [1.82, 2.24) is 25.1 Å². The molecule has 3 N–H and O–H groups in total. The van der Waals surface area contributed by atoms with Crippen LogP contribution in [0, 0.1) is 0 Å². The Kier molecular flexibility index (Phi) is 2.79. The van der Waals surface area contributed by atoms with E-state index in [2.05, 4.69) is 20.2 Å². The van der Waals surface area contributed by atoms with Crippen molar-refractivity contribution in [3.63, 3.8) is 0 Å². The van der Waals surface area contributed by atoms with E-state index in [1.54, 1.807) is 12.4 Å². The maximum Gasteiger partial charge on any atom is 0.187 e. The fourth-order valence-electron chi connectivity index (χ4n) is 2.38. The first-order valence-corrected chi connectivity index (χ1v) is 6.80. The normalized spacial score (nSPS) is 10.9. The lowest BCUT2D eigenvalue weighted by Gasteiger charge is -2.06. The van der Waals surface area contributed by atoms with Gasteiger partial charge in [-0.05, 0) is 12.1 Å². The molecule has 4 rings (SSSR count). The third-order valence-corrected chi connectivity index (χ3v) is 3.43. The van der Waals surface area contributed by atoms with Gasteiger partial charge in [0.1, 0.15) is 5.82 Å². The third-order valence-electron chi connectivity index (χ3n) is 3.43. The first-order chi connectivity index (χ1) is 10.8. The van der Waals surface area contributed by atoms with Crippen molar-refractivity contribution in [3.8, 4) is 22.6 Å². The summed E-state index contributed by atoms with van der Waals surface area (Å²) in [6.07, 6.45) is 3.45. The van der Waals surface area contributed by atoms with E-state index in [0.717, 1.165) is 22.2 Å². The summed E-state index contributed by atoms with van der Waals surface area (Å²) in [5.74, 6) is 1.08. The van der Waals surface area contributed by atoms with Gasteiger partial charge in [0.15, 0.2) is 11.5 Å². The molecule has 0 fully saturated rings. The van der Waals surface area contributed by atoms with Crippen molar-refractivity contribution in [3.05, 3.63) is 54.9 Å². The Morgan fingerprint density at radius 1 is 0.864 bits per heavy atom. The van der Waals surface area contributed by atoms with Crippen molar-refractivity contribution in [2.75, 3.05) is 5.73 Å². The fraction of sp³-hybridized carbons (Fsp3) is 0. The predicted molar refractivity (Wildman–Crippen MR) is 84.8 cm³/mol. The number of benzene rings is 1. The molecule has 6 heteroatoms. The van der Waals surface area contributed by atoms with Gasteiger partial charge in [-0.3, -0.25) is 10.1 Å². The Balaban J connectivity index is 2.03. The van der Waals surface area contributed by atoms with Crippen LogP contribution in [0.2, 0.25) is 0 Å². The quantitative estimate of drug-likeness (QED) is 0.591. The molecular formula is C16H12N6. The minimum absolute atomic E-state index is 0.460. The van der Waals surface area contributed by atoms with Crippen molar-refractivity contribution < 1.29 is 0 Å². The van der Waals surface area contributed by atoms with E-state index in [-0.39, 0.29) is 0 Å². The lowest BCUT2D eigenvalue weighted by Crippen LogP contribution is -1.95. The highest BCUT2D eigenvalue weighted by molar-refractivity contribution is 5.98. The van der Waals surface area contributed by atoms with Crippen LogP contribution in [0.5, 0.6) is 0 Å². The zero-order valence-corrected chi connectivity index (χ0v) is 11.6. The fourth-order valence-corrected chi connectivity index (χ4v) is 2.38. The average Bonchev–Trinajstić information content (AvgIpc) is 2.97. The molecule has 106 valence electrons. The Morgan fingerprint density at radius 3 is 2.41 bits per heavy atom. The van der Waals surface area contributed by atoms with Crippen LogP contribution in [0.3, 0.4) is 0 Å². The summed E-state index contributed by atoms with van der Waals surface area (Å²) < 4.78 is 0. The van der Waals surface area contributed by atoms with Crippen molar-refractivity contribution in [2.24, 2.45) is 0 Å². The highest BCUT2D eigenvalue weighted by atomic mass is 15.2. The largest absolute Gasteiger partial charge is 0.383 e. The van der Waals surface area contributed by atoms with E-state index >= 15 is 0 Å². The molecular weight excluding hydrogens is 276 g/mol.